The third-order valence-electron chi connectivity index (χ3n) is 4.02. The van der Waals surface area contributed by atoms with Crippen molar-refractivity contribution in [2.24, 2.45) is 0 Å². The molecular formula is C14H23NO4SSi. The van der Waals surface area contributed by atoms with Gasteiger partial charge in [0.15, 0.2) is 8.32 Å². The van der Waals surface area contributed by atoms with Crippen molar-refractivity contribution in [3.05, 3.63) is 32.5 Å². The van der Waals surface area contributed by atoms with Crippen LogP contribution in [0.4, 0.5) is 0 Å². The number of carbonyl (C=O) groups is 1. The Morgan fingerprint density at radius 1 is 1.48 bits per heavy atom. The van der Waals surface area contributed by atoms with Gasteiger partial charge in [0.05, 0.1) is 5.92 Å². The van der Waals surface area contributed by atoms with Crippen molar-refractivity contribution in [1.29, 1.82) is 0 Å². The molecule has 2 atom stereocenters. The van der Waals surface area contributed by atoms with Gasteiger partial charge in [-0.1, -0.05) is 26.8 Å². The third-order valence-corrected chi connectivity index (χ3v) is 9.50. The van der Waals surface area contributed by atoms with Gasteiger partial charge in [0.25, 0.3) is 0 Å². The lowest BCUT2D eigenvalue weighted by Crippen LogP contribution is -2.46. The molecule has 0 aliphatic rings. The summed E-state index contributed by atoms with van der Waals surface area (Å²) in [4.78, 5) is 22.9. The van der Waals surface area contributed by atoms with E-state index in [2.05, 4.69) is 20.8 Å². The van der Waals surface area contributed by atoms with Crippen molar-refractivity contribution in [2.45, 2.75) is 50.9 Å². The average molecular weight is 329 g/mol. The van der Waals surface area contributed by atoms with E-state index in [9.17, 15) is 14.9 Å². The second-order valence-electron chi connectivity index (χ2n) is 6.62. The highest BCUT2D eigenvalue weighted by atomic mass is 32.1. The van der Waals surface area contributed by atoms with Crippen molar-refractivity contribution in [3.63, 3.8) is 0 Å². The predicted molar refractivity (Wildman–Crippen MR) is 87.1 cm³/mol. The molecule has 21 heavy (non-hydrogen) atoms. The van der Waals surface area contributed by atoms with Crippen molar-refractivity contribution in [2.75, 3.05) is 6.54 Å². The van der Waals surface area contributed by atoms with Crippen LogP contribution in [0.2, 0.25) is 18.1 Å². The minimum absolute atomic E-state index is 0.0527. The predicted octanol–water partition coefficient (Wildman–Crippen LogP) is 3.70. The van der Waals surface area contributed by atoms with E-state index in [-0.39, 0.29) is 16.5 Å². The van der Waals surface area contributed by atoms with Crippen LogP contribution in [0.3, 0.4) is 0 Å². The van der Waals surface area contributed by atoms with Crippen LogP contribution in [-0.4, -0.2) is 32.2 Å². The van der Waals surface area contributed by atoms with Gasteiger partial charge < -0.3 is 9.22 Å². The standard InChI is InChI=1S/C14H23NO4SSi/c1-14(2,3)21(4,5)19-12(10-16)11(9-15(17)18)13-7-6-8-20-13/h6-8,10-12H,9H2,1-5H3/t11-,12+/m0/s1. The molecule has 0 aromatic carbocycles. The molecule has 1 aromatic heterocycles. The van der Waals surface area contributed by atoms with Gasteiger partial charge >= 0.3 is 0 Å². The molecule has 1 heterocycles. The first-order valence-electron chi connectivity index (χ1n) is 6.87. The molecule has 1 rings (SSSR count). The van der Waals surface area contributed by atoms with E-state index in [0.29, 0.717) is 6.29 Å². The first-order valence-corrected chi connectivity index (χ1v) is 10.7. The second-order valence-corrected chi connectivity index (χ2v) is 12.4. The SMILES string of the molecule is CC(C)(C)[Si](C)(C)O[C@H](C=O)[C@H](C[N+](=O)[O-])c1cccs1. The maximum atomic E-state index is 11.5. The minimum Gasteiger partial charge on any atom is -0.406 e. The lowest BCUT2D eigenvalue weighted by atomic mass is 10.0. The maximum Gasteiger partial charge on any atom is 0.214 e. The average Bonchev–Trinajstić information content (AvgIpc) is 2.85. The number of thiophene rings is 1. The van der Waals surface area contributed by atoms with E-state index < -0.39 is 20.3 Å². The van der Waals surface area contributed by atoms with Gasteiger partial charge in [0.2, 0.25) is 6.54 Å². The number of hydrogen-bond acceptors (Lipinski definition) is 5. The summed E-state index contributed by atoms with van der Waals surface area (Å²) in [7, 11) is -2.16. The molecule has 0 saturated heterocycles. The minimum atomic E-state index is -2.16. The van der Waals surface area contributed by atoms with Gasteiger partial charge in [-0.25, -0.2) is 0 Å². The van der Waals surface area contributed by atoms with Crippen LogP contribution in [0.15, 0.2) is 17.5 Å². The lowest BCUT2D eigenvalue weighted by molar-refractivity contribution is -0.484. The zero-order chi connectivity index (χ0) is 16.3. The molecule has 5 nitrogen and oxygen atoms in total. The number of nitrogens with zero attached hydrogens (tertiary/aromatic N) is 1. The van der Waals surface area contributed by atoms with E-state index in [1.807, 2.05) is 30.6 Å². The van der Waals surface area contributed by atoms with Crippen LogP contribution in [-0.2, 0) is 9.22 Å². The Morgan fingerprint density at radius 2 is 2.10 bits per heavy atom. The summed E-state index contributed by atoms with van der Waals surface area (Å²) in [5.74, 6) is -0.522. The summed E-state index contributed by atoms with van der Waals surface area (Å²) >= 11 is 1.42. The Balaban J connectivity index is 3.03. The van der Waals surface area contributed by atoms with Gasteiger partial charge in [-0.05, 0) is 29.6 Å². The molecule has 1 aromatic rings. The van der Waals surface area contributed by atoms with E-state index in [1.165, 1.54) is 11.3 Å². The number of hydrogen-bond donors (Lipinski definition) is 0. The second kappa shape index (κ2) is 6.80. The van der Waals surface area contributed by atoms with E-state index in [0.717, 1.165) is 4.88 Å². The number of rotatable bonds is 7. The summed E-state index contributed by atoms with van der Waals surface area (Å²) in [5, 5.41) is 12.7. The molecule has 0 aliphatic carbocycles. The molecule has 0 bridgehead atoms. The summed E-state index contributed by atoms with van der Waals surface area (Å²) in [6.07, 6.45) is -0.0519. The van der Waals surface area contributed by atoms with Crippen molar-refractivity contribution in [1.82, 2.24) is 0 Å². The molecular weight excluding hydrogens is 306 g/mol. The zero-order valence-corrected chi connectivity index (χ0v) is 15.0. The summed E-state index contributed by atoms with van der Waals surface area (Å²) < 4.78 is 6.11. The molecule has 0 amide bonds. The van der Waals surface area contributed by atoms with Crippen molar-refractivity contribution >= 4 is 25.9 Å². The smallest absolute Gasteiger partial charge is 0.214 e. The topological polar surface area (TPSA) is 69.4 Å². The number of aldehydes is 1. The molecule has 118 valence electrons. The maximum absolute atomic E-state index is 11.5. The molecule has 0 unspecified atom stereocenters. The largest absolute Gasteiger partial charge is 0.406 e. The first kappa shape index (κ1) is 18.0. The third kappa shape index (κ3) is 4.72. The van der Waals surface area contributed by atoms with Crippen molar-refractivity contribution < 1.29 is 14.1 Å². The van der Waals surface area contributed by atoms with Crippen molar-refractivity contribution in [3.8, 4) is 0 Å². The Bertz CT molecular complexity index is 482. The fraction of sp³-hybridized carbons (Fsp3) is 0.643. The monoisotopic (exact) mass is 329 g/mol. The molecule has 0 spiro atoms. The Hall–Kier alpha value is -1.05. The highest BCUT2D eigenvalue weighted by molar-refractivity contribution is 7.10. The Kier molecular flexibility index (Phi) is 5.83. The lowest BCUT2D eigenvalue weighted by Gasteiger charge is -2.39. The summed E-state index contributed by atoms with van der Waals surface area (Å²) in [6.45, 7) is 10.0. The van der Waals surface area contributed by atoms with Crippen LogP contribution in [0.1, 0.15) is 31.6 Å². The highest BCUT2D eigenvalue weighted by Gasteiger charge is 2.42. The van der Waals surface area contributed by atoms with Crippen LogP contribution < -0.4 is 0 Å². The fourth-order valence-corrected chi connectivity index (χ4v) is 3.85. The Labute approximate surface area is 130 Å². The van der Waals surface area contributed by atoms with Gasteiger partial charge in [0.1, 0.15) is 12.4 Å². The van der Waals surface area contributed by atoms with Crippen LogP contribution in [0, 0.1) is 10.1 Å². The van der Waals surface area contributed by atoms with Gasteiger partial charge in [-0.3, -0.25) is 10.1 Å². The normalized spacial score (nSPS) is 15.5. The summed E-state index contributed by atoms with van der Waals surface area (Å²) in [6, 6.07) is 3.66. The van der Waals surface area contributed by atoms with E-state index >= 15 is 0 Å². The summed E-state index contributed by atoms with van der Waals surface area (Å²) in [5.41, 5.74) is 0. The Morgan fingerprint density at radius 3 is 2.48 bits per heavy atom. The molecule has 0 aliphatic heterocycles. The van der Waals surface area contributed by atoms with E-state index in [4.69, 9.17) is 4.43 Å². The van der Waals surface area contributed by atoms with Crippen LogP contribution >= 0.6 is 11.3 Å². The fourth-order valence-electron chi connectivity index (χ4n) is 1.74. The van der Waals surface area contributed by atoms with Crippen LogP contribution in [0.25, 0.3) is 0 Å². The zero-order valence-electron chi connectivity index (χ0n) is 13.2. The quantitative estimate of drug-likeness (QED) is 0.331. The first-order chi connectivity index (χ1) is 9.58. The highest BCUT2D eigenvalue weighted by Crippen LogP contribution is 2.39. The molecule has 0 saturated carbocycles. The van der Waals surface area contributed by atoms with Gasteiger partial charge in [-0.2, -0.15) is 0 Å². The molecule has 0 fully saturated rings. The molecule has 0 N–H and O–H groups in total. The van der Waals surface area contributed by atoms with E-state index in [1.54, 1.807) is 0 Å². The van der Waals surface area contributed by atoms with Gasteiger partial charge in [-0.15, -0.1) is 11.3 Å². The van der Waals surface area contributed by atoms with Gasteiger partial charge in [0, 0.05) is 9.80 Å². The number of carbonyl (C=O) groups excluding carboxylic acids is 1. The molecule has 0 radical (unpaired) electrons. The molecule has 7 heteroatoms. The van der Waals surface area contributed by atoms with Crippen LogP contribution in [0.5, 0.6) is 0 Å². The number of nitro groups is 1.